The highest BCUT2D eigenvalue weighted by Gasteiger charge is 2.07. The van der Waals surface area contributed by atoms with Gasteiger partial charge in [0.2, 0.25) is 0 Å². The summed E-state index contributed by atoms with van der Waals surface area (Å²) in [6, 6.07) is 12.0. The van der Waals surface area contributed by atoms with Crippen LogP contribution in [0.15, 0.2) is 48.7 Å². The third kappa shape index (κ3) is 5.49. The zero-order valence-corrected chi connectivity index (χ0v) is 15.9. The highest BCUT2D eigenvalue weighted by Crippen LogP contribution is 2.20. The van der Waals surface area contributed by atoms with Gasteiger partial charge in [0.15, 0.2) is 0 Å². The SMILES string of the molecule is COc1ccc(OCCCC(=O)OCCCc2c[nH]c3ccc(F)cc23)cc1. The van der Waals surface area contributed by atoms with Crippen LogP contribution in [0.3, 0.4) is 0 Å². The van der Waals surface area contributed by atoms with Gasteiger partial charge in [0.05, 0.1) is 20.3 Å². The highest BCUT2D eigenvalue weighted by molar-refractivity contribution is 5.83. The number of rotatable bonds is 10. The lowest BCUT2D eigenvalue weighted by molar-refractivity contribution is -0.144. The van der Waals surface area contributed by atoms with E-state index in [0.717, 1.165) is 34.4 Å². The van der Waals surface area contributed by atoms with Crippen molar-refractivity contribution in [3.05, 3.63) is 60.0 Å². The number of fused-ring (bicyclic) bond motifs is 1. The molecular formula is C22H24FNO4. The number of aromatic nitrogens is 1. The maximum absolute atomic E-state index is 13.4. The fraction of sp³-hybridized carbons (Fsp3) is 0.318. The summed E-state index contributed by atoms with van der Waals surface area (Å²) in [7, 11) is 1.61. The fourth-order valence-electron chi connectivity index (χ4n) is 2.96. The molecule has 0 bridgehead atoms. The molecule has 0 unspecified atom stereocenters. The minimum absolute atomic E-state index is 0.233. The molecule has 0 saturated carbocycles. The van der Waals surface area contributed by atoms with Crippen molar-refractivity contribution in [2.45, 2.75) is 25.7 Å². The first-order valence-electron chi connectivity index (χ1n) is 9.33. The average Bonchev–Trinajstić information content (AvgIpc) is 3.11. The fourth-order valence-corrected chi connectivity index (χ4v) is 2.96. The molecule has 0 aliphatic carbocycles. The van der Waals surface area contributed by atoms with E-state index in [4.69, 9.17) is 14.2 Å². The number of halogens is 1. The van der Waals surface area contributed by atoms with E-state index in [9.17, 15) is 9.18 Å². The summed E-state index contributed by atoms with van der Waals surface area (Å²) in [5.41, 5.74) is 1.93. The van der Waals surface area contributed by atoms with Gasteiger partial charge in [-0.25, -0.2) is 4.39 Å². The molecule has 0 aliphatic rings. The number of methoxy groups -OCH3 is 1. The molecule has 0 spiro atoms. The van der Waals surface area contributed by atoms with Gasteiger partial charge in [0, 0.05) is 23.5 Å². The van der Waals surface area contributed by atoms with Gasteiger partial charge in [0.1, 0.15) is 17.3 Å². The Morgan fingerprint density at radius 3 is 2.61 bits per heavy atom. The van der Waals surface area contributed by atoms with Crippen LogP contribution in [0.5, 0.6) is 11.5 Å². The number of hydrogen-bond acceptors (Lipinski definition) is 4. The summed E-state index contributed by atoms with van der Waals surface area (Å²) in [5.74, 6) is 1.03. The molecule has 28 heavy (non-hydrogen) atoms. The standard InChI is InChI=1S/C22H24FNO4/c1-26-18-7-9-19(10-8-18)27-12-3-5-22(25)28-13-2-4-16-15-24-21-11-6-17(23)14-20(16)21/h6-11,14-15,24H,2-5,12-13H2,1H3. The van der Waals surface area contributed by atoms with Crippen molar-refractivity contribution in [3.8, 4) is 11.5 Å². The van der Waals surface area contributed by atoms with Crippen molar-refractivity contribution >= 4 is 16.9 Å². The first-order valence-corrected chi connectivity index (χ1v) is 9.33. The Kier molecular flexibility index (Phi) is 6.89. The molecule has 1 heterocycles. The lowest BCUT2D eigenvalue weighted by Crippen LogP contribution is -2.08. The monoisotopic (exact) mass is 385 g/mol. The molecule has 1 aromatic heterocycles. The molecule has 0 amide bonds. The largest absolute Gasteiger partial charge is 0.497 e. The zero-order valence-electron chi connectivity index (χ0n) is 15.9. The van der Waals surface area contributed by atoms with Crippen LogP contribution in [-0.2, 0) is 16.0 Å². The maximum Gasteiger partial charge on any atom is 0.305 e. The number of esters is 1. The summed E-state index contributed by atoms with van der Waals surface area (Å²) >= 11 is 0. The molecule has 1 N–H and O–H groups in total. The minimum atomic E-state index is -0.253. The van der Waals surface area contributed by atoms with Gasteiger partial charge < -0.3 is 19.2 Å². The Morgan fingerprint density at radius 1 is 1.04 bits per heavy atom. The van der Waals surface area contributed by atoms with E-state index in [1.54, 1.807) is 13.2 Å². The summed E-state index contributed by atoms with van der Waals surface area (Å²) in [4.78, 5) is 14.9. The van der Waals surface area contributed by atoms with Crippen LogP contribution in [0.2, 0.25) is 0 Å². The Morgan fingerprint density at radius 2 is 1.82 bits per heavy atom. The molecule has 0 atom stereocenters. The van der Waals surface area contributed by atoms with E-state index in [1.807, 2.05) is 30.5 Å². The first kappa shape index (κ1) is 19.7. The second-order valence-electron chi connectivity index (χ2n) is 6.46. The van der Waals surface area contributed by atoms with Gasteiger partial charge in [-0.1, -0.05) is 0 Å². The second-order valence-corrected chi connectivity index (χ2v) is 6.46. The third-order valence-corrected chi connectivity index (χ3v) is 4.44. The van der Waals surface area contributed by atoms with E-state index in [-0.39, 0.29) is 11.8 Å². The van der Waals surface area contributed by atoms with E-state index in [0.29, 0.717) is 32.5 Å². The normalized spacial score (nSPS) is 10.8. The van der Waals surface area contributed by atoms with Crippen molar-refractivity contribution < 1.29 is 23.4 Å². The molecule has 0 fully saturated rings. The minimum Gasteiger partial charge on any atom is -0.497 e. The Balaban J connectivity index is 1.30. The number of aromatic amines is 1. The number of ether oxygens (including phenoxy) is 3. The van der Waals surface area contributed by atoms with Crippen LogP contribution >= 0.6 is 0 Å². The smallest absolute Gasteiger partial charge is 0.305 e. The summed E-state index contributed by atoms with van der Waals surface area (Å²) in [6.45, 7) is 0.794. The van der Waals surface area contributed by atoms with Gasteiger partial charge in [-0.3, -0.25) is 4.79 Å². The van der Waals surface area contributed by atoms with E-state index < -0.39 is 0 Å². The van der Waals surface area contributed by atoms with Crippen molar-refractivity contribution in [1.82, 2.24) is 4.98 Å². The molecule has 148 valence electrons. The molecule has 3 aromatic rings. The molecule has 5 nitrogen and oxygen atoms in total. The van der Waals surface area contributed by atoms with Gasteiger partial charge in [-0.15, -0.1) is 0 Å². The molecule has 0 saturated heterocycles. The number of carbonyl (C=O) groups excluding carboxylic acids is 1. The topological polar surface area (TPSA) is 60.6 Å². The maximum atomic E-state index is 13.4. The summed E-state index contributed by atoms with van der Waals surface area (Å²) < 4.78 is 29.3. The van der Waals surface area contributed by atoms with Gasteiger partial charge in [-0.2, -0.15) is 0 Å². The van der Waals surface area contributed by atoms with Gasteiger partial charge >= 0.3 is 5.97 Å². The summed E-state index contributed by atoms with van der Waals surface area (Å²) in [5, 5.41) is 0.877. The highest BCUT2D eigenvalue weighted by atomic mass is 19.1. The average molecular weight is 385 g/mol. The number of aryl methyl sites for hydroxylation is 1. The van der Waals surface area contributed by atoms with Crippen LogP contribution in [0.4, 0.5) is 4.39 Å². The summed E-state index contributed by atoms with van der Waals surface area (Å²) in [6.07, 6.45) is 4.19. The van der Waals surface area contributed by atoms with E-state index in [1.165, 1.54) is 12.1 Å². The number of H-pyrrole nitrogens is 1. The first-order chi connectivity index (χ1) is 13.7. The predicted octanol–water partition coefficient (Wildman–Crippen LogP) is 4.65. The Labute approximate surface area is 163 Å². The molecule has 3 rings (SSSR count). The van der Waals surface area contributed by atoms with E-state index in [2.05, 4.69) is 4.98 Å². The number of nitrogens with one attached hydrogen (secondary N) is 1. The lowest BCUT2D eigenvalue weighted by Gasteiger charge is -2.07. The van der Waals surface area contributed by atoms with Crippen LogP contribution in [-0.4, -0.2) is 31.3 Å². The second kappa shape index (κ2) is 9.78. The zero-order chi connectivity index (χ0) is 19.8. The predicted molar refractivity (Wildman–Crippen MR) is 105 cm³/mol. The molecule has 0 aliphatic heterocycles. The quantitative estimate of drug-likeness (QED) is 0.408. The van der Waals surface area contributed by atoms with E-state index >= 15 is 0 Å². The van der Waals surface area contributed by atoms with Gasteiger partial charge in [-0.05, 0) is 67.3 Å². The van der Waals surface area contributed by atoms with Crippen LogP contribution in [0.1, 0.15) is 24.8 Å². The van der Waals surface area contributed by atoms with Crippen molar-refractivity contribution in [1.29, 1.82) is 0 Å². The Hall–Kier alpha value is -3.02. The van der Waals surface area contributed by atoms with Gasteiger partial charge in [0.25, 0.3) is 0 Å². The lowest BCUT2D eigenvalue weighted by atomic mass is 10.1. The Bertz CT molecular complexity index is 905. The third-order valence-electron chi connectivity index (χ3n) is 4.44. The van der Waals surface area contributed by atoms with Crippen molar-refractivity contribution in [2.24, 2.45) is 0 Å². The molecule has 0 radical (unpaired) electrons. The number of hydrogen-bond donors (Lipinski definition) is 1. The number of benzene rings is 2. The molecular weight excluding hydrogens is 361 g/mol. The van der Waals surface area contributed by atoms with Crippen LogP contribution < -0.4 is 9.47 Å². The van der Waals surface area contributed by atoms with Crippen LogP contribution in [0, 0.1) is 5.82 Å². The number of carbonyl (C=O) groups is 1. The van der Waals surface area contributed by atoms with Crippen molar-refractivity contribution in [2.75, 3.05) is 20.3 Å². The van der Waals surface area contributed by atoms with Crippen molar-refractivity contribution in [3.63, 3.8) is 0 Å². The molecule has 6 heteroatoms. The molecule has 2 aromatic carbocycles. The van der Waals surface area contributed by atoms with Crippen LogP contribution in [0.25, 0.3) is 10.9 Å².